The first-order valence-corrected chi connectivity index (χ1v) is 8.81. The normalized spacial score (nSPS) is 40.6. The molecule has 8 heteroatoms. The van der Waals surface area contributed by atoms with Crippen molar-refractivity contribution in [2.24, 2.45) is 0 Å². The molecule has 0 aromatic heterocycles. The highest BCUT2D eigenvalue weighted by molar-refractivity contribution is 5.82. The molecule has 0 unspecified atom stereocenters. The number of amides is 4. The molecule has 24 heavy (non-hydrogen) atoms. The van der Waals surface area contributed by atoms with Crippen LogP contribution in [0.4, 0.5) is 9.59 Å². The first-order chi connectivity index (χ1) is 11.4. The van der Waals surface area contributed by atoms with E-state index in [-0.39, 0.29) is 29.1 Å². The minimum absolute atomic E-state index is 0.0179. The van der Waals surface area contributed by atoms with Crippen molar-refractivity contribution in [2.75, 3.05) is 32.7 Å². The summed E-state index contributed by atoms with van der Waals surface area (Å²) in [6.45, 7) is 2.77. The number of carbonyl (C=O) groups is 3. The third-order valence-corrected chi connectivity index (χ3v) is 6.82. The number of rotatable bonds is 2. The molecular weight excluding hydrogens is 312 g/mol. The molecule has 1 atom stereocenters. The molecule has 1 N–H and O–H groups in total. The number of piperazine rings is 1. The minimum Gasteiger partial charge on any atom is -0.465 e. The van der Waals surface area contributed by atoms with Crippen LogP contribution in [0.25, 0.3) is 0 Å². The topological polar surface area (TPSA) is 84.4 Å². The maximum absolute atomic E-state index is 12.8. The van der Waals surface area contributed by atoms with Crippen LogP contribution >= 0.6 is 0 Å². The largest absolute Gasteiger partial charge is 0.465 e. The summed E-state index contributed by atoms with van der Waals surface area (Å²) >= 11 is 0. The van der Waals surface area contributed by atoms with Crippen LogP contribution in [0, 0.1) is 0 Å². The van der Waals surface area contributed by atoms with Gasteiger partial charge >= 0.3 is 12.1 Å². The van der Waals surface area contributed by atoms with E-state index < -0.39 is 6.09 Å². The Morgan fingerprint density at radius 3 is 2.33 bits per heavy atom. The molecule has 0 radical (unpaired) electrons. The second-order valence-electron chi connectivity index (χ2n) is 8.10. The van der Waals surface area contributed by atoms with Crippen LogP contribution in [-0.4, -0.2) is 92.6 Å². The van der Waals surface area contributed by atoms with Gasteiger partial charge in [-0.05, 0) is 25.7 Å². The van der Waals surface area contributed by atoms with Crippen molar-refractivity contribution in [1.29, 1.82) is 0 Å². The molecule has 3 heterocycles. The van der Waals surface area contributed by atoms with Crippen molar-refractivity contribution < 1.29 is 19.5 Å². The number of hydrogen-bond donors (Lipinski definition) is 1. The van der Waals surface area contributed by atoms with E-state index in [9.17, 15) is 14.4 Å². The number of hydrogen-bond acceptors (Lipinski definition) is 3. The van der Waals surface area contributed by atoms with Crippen molar-refractivity contribution in [3.63, 3.8) is 0 Å². The fourth-order valence-corrected chi connectivity index (χ4v) is 5.68. The first kappa shape index (κ1) is 14.4. The molecule has 0 aromatic carbocycles. The lowest BCUT2D eigenvalue weighted by molar-refractivity contribution is -0.211. The zero-order valence-corrected chi connectivity index (χ0v) is 13.6. The number of likely N-dealkylation sites (tertiary alicyclic amines) is 1. The van der Waals surface area contributed by atoms with Gasteiger partial charge in [-0.2, -0.15) is 0 Å². The molecule has 6 rings (SSSR count). The minimum atomic E-state index is -0.905. The van der Waals surface area contributed by atoms with E-state index in [1.165, 1.54) is 4.90 Å². The van der Waals surface area contributed by atoms with Gasteiger partial charge in [0.15, 0.2) is 0 Å². The van der Waals surface area contributed by atoms with Crippen LogP contribution in [0.2, 0.25) is 0 Å². The molecule has 8 nitrogen and oxygen atoms in total. The second-order valence-corrected chi connectivity index (χ2v) is 8.10. The third-order valence-electron chi connectivity index (χ3n) is 6.82. The molecule has 0 aromatic rings. The van der Waals surface area contributed by atoms with Gasteiger partial charge in [0.2, 0.25) is 5.91 Å². The molecule has 6 aliphatic rings. The molecule has 3 aliphatic heterocycles. The van der Waals surface area contributed by atoms with E-state index in [1.54, 1.807) is 0 Å². The van der Waals surface area contributed by atoms with Gasteiger partial charge in [0.05, 0.1) is 11.6 Å². The van der Waals surface area contributed by atoms with Gasteiger partial charge in [0.25, 0.3) is 0 Å². The molecule has 130 valence electrons. The summed E-state index contributed by atoms with van der Waals surface area (Å²) in [5, 5.41) is 9.17. The Kier molecular flexibility index (Phi) is 2.60. The van der Waals surface area contributed by atoms with Crippen molar-refractivity contribution in [1.82, 2.24) is 19.6 Å². The molecule has 3 saturated heterocycles. The quantitative estimate of drug-likeness (QED) is 0.791. The Hall–Kier alpha value is -1.99. The van der Waals surface area contributed by atoms with Crippen molar-refractivity contribution >= 4 is 18.0 Å². The lowest BCUT2D eigenvalue weighted by Crippen LogP contribution is -2.83. The van der Waals surface area contributed by atoms with Gasteiger partial charge in [-0.3, -0.25) is 4.79 Å². The Morgan fingerprint density at radius 1 is 1.00 bits per heavy atom. The number of carbonyl (C=O) groups excluding carboxylic acids is 2. The van der Waals surface area contributed by atoms with Crippen LogP contribution in [0.1, 0.15) is 32.1 Å². The number of nitrogens with zero attached hydrogens (tertiary/aromatic N) is 4. The van der Waals surface area contributed by atoms with Crippen molar-refractivity contribution in [2.45, 2.75) is 49.2 Å². The highest BCUT2D eigenvalue weighted by atomic mass is 16.4. The van der Waals surface area contributed by atoms with Crippen LogP contribution in [0.15, 0.2) is 0 Å². The number of fused-ring (bicyclic) bond motifs is 1. The Labute approximate surface area is 140 Å². The molecule has 3 saturated carbocycles. The smallest absolute Gasteiger partial charge is 0.407 e. The van der Waals surface area contributed by atoms with Gasteiger partial charge in [-0.1, -0.05) is 0 Å². The fourth-order valence-electron chi connectivity index (χ4n) is 5.68. The van der Waals surface area contributed by atoms with E-state index in [4.69, 9.17) is 5.11 Å². The molecule has 0 spiro atoms. The number of carboxylic acid groups (broad SMARTS) is 1. The zero-order valence-electron chi connectivity index (χ0n) is 13.6. The molecule has 4 amide bonds. The lowest BCUT2D eigenvalue weighted by atomic mass is 9.42. The number of urea groups is 1. The average Bonchev–Trinajstić information content (AvgIpc) is 3.02. The first-order valence-electron chi connectivity index (χ1n) is 8.81. The standard InChI is InChI=1S/C16H22N4O4/c21-12-2-1-3-19(12)15-8-16(9-15,10-15)20-7-11-6-17(14(23)24)4-5-18(11)13(20)22/h11H,1-10H2,(H,23,24)/t11-,15?,16?/m0/s1. The maximum Gasteiger partial charge on any atom is 0.407 e. The van der Waals surface area contributed by atoms with Gasteiger partial charge in [-0.25, -0.2) is 9.59 Å². The predicted molar refractivity (Wildman–Crippen MR) is 82.5 cm³/mol. The SMILES string of the molecule is O=C(O)N1CCN2C(=O)N(C34CC(N5CCCC5=O)(C3)C4)C[C@@H]2C1. The highest BCUT2D eigenvalue weighted by Crippen LogP contribution is 2.67. The van der Waals surface area contributed by atoms with Gasteiger partial charge in [0, 0.05) is 44.7 Å². The second kappa shape index (κ2) is 4.34. The summed E-state index contributed by atoms with van der Waals surface area (Å²) in [7, 11) is 0. The van der Waals surface area contributed by atoms with Crippen LogP contribution in [0.3, 0.4) is 0 Å². The van der Waals surface area contributed by atoms with Gasteiger partial charge < -0.3 is 24.7 Å². The Bertz CT molecular complexity index is 630. The predicted octanol–water partition coefficient (Wildman–Crippen LogP) is 0.384. The summed E-state index contributed by atoms with van der Waals surface area (Å²) in [5.41, 5.74) is -0.0601. The highest BCUT2D eigenvalue weighted by Gasteiger charge is 2.75. The van der Waals surface area contributed by atoms with E-state index in [0.717, 1.165) is 32.2 Å². The van der Waals surface area contributed by atoms with E-state index in [0.29, 0.717) is 32.6 Å². The molecule has 6 fully saturated rings. The van der Waals surface area contributed by atoms with Crippen LogP contribution in [0.5, 0.6) is 0 Å². The van der Waals surface area contributed by atoms with Crippen LogP contribution in [-0.2, 0) is 4.79 Å². The van der Waals surface area contributed by atoms with Crippen LogP contribution < -0.4 is 0 Å². The monoisotopic (exact) mass is 334 g/mol. The summed E-state index contributed by atoms with van der Waals surface area (Å²) in [5.74, 6) is 0.269. The maximum atomic E-state index is 12.8. The summed E-state index contributed by atoms with van der Waals surface area (Å²) < 4.78 is 0. The Morgan fingerprint density at radius 2 is 1.71 bits per heavy atom. The molecular formula is C16H22N4O4. The Balaban J connectivity index is 1.28. The molecule has 2 bridgehead atoms. The van der Waals surface area contributed by atoms with Gasteiger partial charge in [0.1, 0.15) is 0 Å². The van der Waals surface area contributed by atoms with E-state index >= 15 is 0 Å². The average molecular weight is 334 g/mol. The fraction of sp³-hybridized carbons (Fsp3) is 0.812. The lowest BCUT2D eigenvalue weighted by Gasteiger charge is -2.75. The summed E-state index contributed by atoms with van der Waals surface area (Å²) in [4.78, 5) is 43.2. The van der Waals surface area contributed by atoms with Gasteiger partial charge in [-0.15, -0.1) is 0 Å². The van der Waals surface area contributed by atoms with Crippen molar-refractivity contribution in [3.8, 4) is 0 Å². The van der Waals surface area contributed by atoms with E-state index in [2.05, 4.69) is 4.90 Å². The van der Waals surface area contributed by atoms with Crippen molar-refractivity contribution in [3.05, 3.63) is 0 Å². The van der Waals surface area contributed by atoms with E-state index in [1.807, 2.05) is 9.80 Å². The zero-order chi connectivity index (χ0) is 16.7. The molecule has 3 aliphatic carbocycles. The summed E-state index contributed by atoms with van der Waals surface area (Å²) in [6, 6.07) is 0.0341. The summed E-state index contributed by atoms with van der Waals surface area (Å²) in [6.07, 6.45) is 3.43. The third kappa shape index (κ3) is 1.61.